The van der Waals surface area contributed by atoms with Crippen molar-refractivity contribution in [1.29, 1.82) is 0 Å². The van der Waals surface area contributed by atoms with Gasteiger partial charge in [-0.2, -0.15) is 0 Å². The Kier molecular flexibility index (Phi) is 6.67. The van der Waals surface area contributed by atoms with Crippen LogP contribution in [0.25, 0.3) is 15.9 Å². The normalized spacial score (nSPS) is 14.3. The highest BCUT2D eigenvalue weighted by Gasteiger charge is 2.21. The van der Waals surface area contributed by atoms with Crippen LogP contribution in [0.1, 0.15) is 43.0 Å². The molecule has 0 bridgehead atoms. The zero-order valence-electron chi connectivity index (χ0n) is 18.1. The Bertz CT molecular complexity index is 1160. The highest BCUT2D eigenvalue weighted by Crippen LogP contribution is 2.31. The highest BCUT2D eigenvalue weighted by molar-refractivity contribution is 7.99. The van der Waals surface area contributed by atoms with Gasteiger partial charge in [0.05, 0.1) is 23.9 Å². The highest BCUT2D eigenvalue weighted by atomic mass is 32.2. The van der Waals surface area contributed by atoms with Crippen molar-refractivity contribution >= 4 is 39.2 Å². The molecule has 1 saturated carbocycles. The SMILES string of the molecule is CCc1sc2nc(SCC(=O)NC3CCCC3)n(-c3cccc(OC)c3)c(=O)c2c1C. The molecule has 1 aliphatic rings. The minimum atomic E-state index is -0.106. The monoisotopic (exact) mass is 457 g/mol. The Balaban J connectivity index is 1.74. The maximum absolute atomic E-state index is 13.6. The minimum absolute atomic E-state index is 0.0138. The average molecular weight is 458 g/mol. The lowest BCUT2D eigenvalue weighted by atomic mass is 10.2. The van der Waals surface area contributed by atoms with Crippen LogP contribution < -0.4 is 15.6 Å². The molecule has 2 heterocycles. The molecule has 2 aromatic heterocycles. The summed E-state index contributed by atoms with van der Waals surface area (Å²) in [4.78, 5) is 32.8. The zero-order valence-corrected chi connectivity index (χ0v) is 19.7. The molecule has 1 N–H and O–H groups in total. The molecule has 0 radical (unpaired) electrons. The van der Waals surface area contributed by atoms with E-state index in [9.17, 15) is 9.59 Å². The molecule has 1 aliphatic carbocycles. The van der Waals surface area contributed by atoms with Gasteiger partial charge in [-0.25, -0.2) is 4.98 Å². The Labute approximate surface area is 190 Å². The lowest BCUT2D eigenvalue weighted by Crippen LogP contribution is -2.34. The number of aryl methyl sites for hydroxylation is 2. The topological polar surface area (TPSA) is 73.2 Å². The number of ether oxygens (including phenoxy) is 1. The Morgan fingerprint density at radius 1 is 1.35 bits per heavy atom. The van der Waals surface area contributed by atoms with E-state index in [0.29, 0.717) is 22.0 Å². The van der Waals surface area contributed by atoms with Crippen molar-refractivity contribution < 1.29 is 9.53 Å². The predicted molar refractivity (Wildman–Crippen MR) is 127 cm³/mol. The number of methoxy groups -OCH3 is 1. The molecule has 0 saturated heterocycles. The summed E-state index contributed by atoms with van der Waals surface area (Å²) in [6.07, 6.45) is 5.29. The molecule has 31 heavy (non-hydrogen) atoms. The van der Waals surface area contributed by atoms with Crippen molar-refractivity contribution in [2.45, 2.75) is 57.1 Å². The maximum Gasteiger partial charge on any atom is 0.267 e. The molecular formula is C23H27N3O3S2. The van der Waals surface area contributed by atoms with Crippen LogP contribution in [0.2, 0.25) is 0 Å². The van der Waals surface area contributed by atoms with Gasteiger partial charge in [0, 0.05) is 17.0 Å². The van der Waals surface area contributed by atoms with Crippen molar-refractivity contribution in [2.75, 3.05) is 12.9 Å². The van der Waals surface area contributed by atoms with E-state index >= 15 is 0 Å². The Hall–Kier alpha value is -2.32. The van der Waals surface area contributed by atoms with Crippen LogP contribution in [-0.4, -0.2) is 34.4 Å². The van der Waals surface area contributed by atoms with Gasteiger partial charge in [-0.1, -0.05) is 37.6 Å². The van der Waals surface area contributed by atoms with Crippen molar-refractivity contribution in [3.8, 4) is 11.4 Å². The number of benzene rings is 1. The fourth-order valence-electron chi connectivity index (χ4n) is 4.09. The quantitative estimate of drug-likeness (QED) is 0.418. The van der Waals surface area contributed by atoms with E-state index in [4.69, 9.17) is 9.72 Å². The Morgan fingerprint density at radius 3 is 2.84 bits per heavy atom. The van der Waals surface area contributed by atoms with Crippen LogP contribution in [0, 0.1) is 6.92 Å². The van der Waals surface area contributed by atoms with Crippen LogP contribution in [0.3, 0.4) is 0 Å². The first kappa shape index (κ1) is 21.9. The van der Waals surface area contributed by atoms with Gasteiger partial charge in [-0.05, 0) is 43.9 Å². The number of nitrogens with zero attached hydrogens (tertiary/aromatic N) is 2. The largest absolute Gasteiger partial charge is 0.497 e. The molecule has 0 unspecified atom stereocenters. The van der Waals surface area contributed by atoms with Crippen molar-refractivity contribution in [3.63, 3.8) is 0 Å². The van der Waals surface area contributed by atoms with Crippen molar-refractivity contribution in [2.24, 2.45) is 0 Å². The molecule has 8 heteroatoms. The van der Waals surface area contributed by atoms with Gasteiger partial charge < -0.3 is 10.1 Å². The first-order chi connectivity index (χ1) is 15.0. The molecule has 3 aromatic rings. The zero-order chi connectivity index (χ0) is 22.0. The van der Waals surface area contributed by atoms with Gasteiger partial charge >= 0.3 is 0 Å². The number of nitrogens with one attached hydrogen (secondary N) is 1. The van der Waals surface area contributed by atoms with E-state index in [1.54, 1.807) is 23.0 Å². The summed E-state index contributed by atoms with van der Waals surface area (Å²) in [6, 6.07) is 7.65. The number of carbonyl (C=O) groups excluding carboxylic acids is 1. The first-order valence-corrected chi connectivity index (χ1v) is 12.4. The number of rotatable bonds is 7. The summed E-state index contributed by atoms with van der Waals surface area (Å²) in [7, 11) is 1.60. The van der Waals surface area contributed by atoms with Gasteiger partial charge in [0.15, 0.2) is 5.16 Å². The smallest absolute Gasteiger partial charge is 0.267 e. The summed E-state index contributed by atoms with van der Waals surface area (Å²) in [5.41, 5.74) is 1.57. The molecular weight excluding hydrogens is 430 g/mol. The summed E-state index contributed by atoms with van der Waals surface area (Å²) in [5, 5.41) is 4.29. The molecule has 0 spiro atoms. The van der Waals surface area contributed by atoms with Crippen LogP contribution >= 0.6 is 23.1 Å². The van der Waals surface area contributed by atoms with E-state index in [2.05, 4.69) is 12.2 Å². The summed E-state index contributed by atoms with van der Waals surface area (Å²) in [5.74, 6) is 0.874. The van der Waals surface area contributed by atoms with Crippen LogP contribution in [0.4, 0.5) is 0 Å². The number of aromatic nitrogens is 2. The number of hydrogen-bond donors (Lipinski definition) is 1. The van der Waals surface area contributed by atoms with E-state index in [1.807, 2.05) is 31.2 Å². The average Bonchev–Trinajstić information content (AvgIpc) is 3.39. The van der Waals surface area contributed by atoms with Crippen LogP contribution in [0.15, 0.2) is 34.2 Å². The third-order valence-electron chi connectivity index (χ3n) is 5.72. The van der Waals surface area contributed by atoms with Gasteiger partial charge in [0.25, 0.3) is 5.56 Å². The summed E-state index contributed by atoms with van der Waals surface area (Å²) in [6.45, 7) is 4.07. The number of thioether (sulfide) groups is 1. The third kappa shape index (κ3) is 4.50. The molecule has 6 nitrogen and oxygen atoms in total. The van der Waals surface area contributed by atoms with Gasteiger partial charge in [-0.3, -0.25) is 14.2 Å². The van der Waals surface area contributed by atoms with E-state index in [-0.39, 0.29) is 23.3 Å². The van der Waals surface area contributed by atoms with Gasteiger partial charge in [-0.15, -0.1) is 11.3 Å². The number of fused-ring (bicyclic) bond motifs is 1. The summed E-state index contributed by atoms with van der Waals surface area (Å²) >= 11 is 2.87. The van der Waals surface area contributed by atoms with Crippen LogP contribution in [-0.2, 0) is 11.2 Å². The number of thiophene rings is 1. The van der Waals surface area contributed by atoms with Gasteiger partial charge in [0.1, 0.15) is 10.6 Å². The third-order valence-corrected chi connectivity index (χ3v) is 7.99. The summed E-state index contributed by atoms with van der Waals surface area (Å²) < 4.78 is 6.97. The maximum atomic E-state index is 13.6. The van der Waals surface area contributed by atoms with Crippen molar-refractivity contribution in [3.05, 3.63) is 45.1 Å². The number of carbonyl (C=O) groups is 1. The lowest BCUT2D eigenvalue weighted by Gasteiger charge is -2.14. The first-order valence-electron chi connectivity index (χ1n) is 10.6. The minimum Gasteiger partial charge on any atom is -0.497 e. The Morgan fingerprint density at radius 2 is 2.13 bits per heavy atom. The molecule has 1 amide bonds. The fraction of sp³-hybridized carbons (Fsp3) is 0.435. The molecule has 1 aromatic carbocycles. The van der Waals surface area contributed by atoms with E-state index in [1.165, 1.54) is 24.6 Å². The van der Waals surface area contributed by atoms with E-state index < -0.39 is 0 Å². The second-order valence-corrected chi connectivity index (χ2v) is 9.78. The second-order valence-electron chi connectivity index (χ2n) is 7.76. The molecule has 1 fully saturated rings. The molecule has 0 aliphatic heterocycles. The fourth-order valence-corrected chi connectivity index (χ4v) is 6.07. The lowest BCUT2D eigenvalue weighted by molar-refractivity contribution is -0.119. The molecule has 0 atom stereocenters. The van der Waals surface area contributed by atoms with Gasteiger partial charge in [0.2, 0.25) is 5.91 Å². The number of hydrogen-bond acceptors (Lipinski definition) is 6. The molecule has 164 valence electrons. The van der Waals surface area contributed by atoms with Crippen molar-refractivity contribution in [1.82, 2.24) is 14.9 Å². The predicted octanol–water partition coefficient (Wildman–Crippen LogP) is 4.48. The molecule has 4 rings (SSSR count). The van der Waals surface area contributed by atoms with E-state index in [0.717, 1.165) is 34.5 Å². The van der Waals surface area contributed by atoms with Crippen LogP contribution in [0.5, 0.6) is 5.75 Å². The second kappa shape index (κ2) is 9.44. The standard InChI is InChI=1S/C23H27N3O3S2/c1-4-18-14(2)20-21(31-18)25-23(30-13-19(27)24-15-8-5-6-9-15)26(22(20)28)16-10-7-11-17(12-16)29-3/h7,10-12,15H,4-6,8-9,13H2,1-3H3,(H,24,27). The number of amides is 1.